The Kier molecular flexibility index (Phi) is 3.79. The molecule has 0 saturated heterocycles. The number of rotatable bonds is 5. The Morgan fingerprint density at radius 3 is 2.78 bits per heavy atom. The normalized spacial score (nSPS) is 14.6. The molecule has 0 bridgehead atoms. The van der Waals surface area contributed by atoms with Gasteiger partial charge < -0.3 is 11.1 Å². The zero-order valence-corrected chi connectivity index (χ0v) is 10.0. The van der Waals surface area contributed by atoms with Crippen LogP contribution in [0.1, 0.15) is 36.0 Å². The van der Waals surface area contributed by atoms with Crippen LogP contribution >= 0.6 is 0 Å². The lowest BCUT2D eigenvalue weighted by Gasteiger charge is -2.07. The minimum absolute atomic E-state index is 0.334. The lowest BCUT2D eigenvalue weighted by atomic mass is 10.1. The number of carbonyl (C=O) groups excluding carboxylic acids is 1. The van der Waals surface area contributed by atoms with Crippen LogP contribution in [0, 0.1) is 17.6 Å². The fraction of sp³-hybridized carbons (Fsp3) is 0.462. The summed E-state index contributed by atoms with van der Waals surface area (Å²) in [7, 11) is 0. The Bertz CT molecular complexity index is 459. The highest BCUT2D eigenvalue weighted by Gasteiger charge is 2.20. The molecular weight excluding hydrogens is 238 g/mol. The van der Waals surface area contributed by atoms with E-state index in [1.54, 1.807) is 0 Å². The number of nitrogens with one attached hydrogen (secondary N) is 1. The van der Waals surface area contributed by atoms with Crippen LogP contribution < -0.4 is 11.1 Å². The third-order valence-electron chi connectivity index (χ3n) is 3.08. The first-order chi connectivity index (χ1) is 8.58. The number of anilines is 1. The van der Waals surface area contributed by atoms with Gasteiger partial charge in [0, 0.05) is 6.54 Å². The maximum atomic E-state index is 13.5. The van der Waals surface area contributed by atoms with Gasteiger partial charge in [-0.05, 0) is 30.9 Å². The number of hydrogen-bond donors (Lipinski definition) is 2. The van der Waals surface area contributed by atoms with Gasteiger partial charge in [0.2, 0.25) is 0 Å². The summed E-state index contributed by atoms with van der Waals surface area (Å²) in [5.74, 6) is -1.40. The molecule has 1 fully saturated rings. The van der Waals surface area contributed by atoms with Crippen molar-refractivity contribution in [2.75, 3.05) is 12.3 Å². The molecule has 1 aliphatic rings. The Balaban J connectivity index is 1.90. The summed E-state index contributed by atoms with van der Waals surface area (Å²) in [5.41, 5.74) is 4.58. The molecule has 98 valence electrons. The fourth-order valence-corrected chi connectivity index (χ4v) is 1.87. The topological polar surface area (TPSA) is 55.1 Å². The van der Waals surface area contributed by atoms with Crippen molar-refractivity contribution in [3.8, 4) is 0 Å². The highest BCUT2D eigenvalue weighted by molar-refractivity contribution is 5.95. The maximum absolute atomic E-state index is 13.5. The summed E-state index contributed by atoms with van der Waals surface area (Å²) in [5, 5.41) is 2.58. The molecule has 0 atom stereocenters. The van der Waals surface area contributed by atoms with Crippen LogP contribution in [0.25, 0.3) is 0 Å². The molecule has 1 amide bonds. The Morgan fingerprint density at radius 1 is 1.39 bits per heavy atom. The van der Waals surface area contributed by atoms with Gasteiger partial charge in [-0.3, -0.25) is 4.79 Å². The molecule has 0 aromatic heterocycles. The summed E-state index contributed by atoms with van der Waals surface area (Å²) in [4.78, 5) is 11.7. The standard InChI is InChI=1S/C13H16F2N2O/c14-9-6-10(12(15)11(16)7-9)13(18)17-5-1-2-8-3-4-8/h6-8H,1-5,16H2,(H,17,18). The number of benzene rings is 1. The molecule has 1 aromatic carbocycles. The first-order valence-corrected chi connectivity index (χ1v) is 6.10. The second-order valence-electron chi connectivity index (χ2n) is 4.70. The van der Waals surface area contributed by atoms with Gasteiger partial charge in [0.1, 0.15) is 5.82 Å². The second-order valence-corrected chi connectivity index (χ2v) is 4.70. The van der Waals surface area contributed by atoms with Crippen molar-refractivity contribution >= 4 is 11.6 Å². The van der Waals surface area contributed by atoms with Crippen molar-refractivity contribution < 1.29 is 13.6 Å². The quantitative estimate of drug-likeness (QED) is 0.626. The van der Waals surface area contributed by atoms with E-state index in [-0.39, 0.29) is 11.3 Å². The highest BCUT2D eigenvalue weighted by atomic mass is 19.1. The van der Waals surface area contributed by atoms with Crippen LogP contribution in [-0.4, -0.2) is 12.5 Å². The largest absolute Gasteiger partial charge is 0.396 e. The number of carbonyl (C=O) groups is 1. The molecule has 0 unspecified atom stereocenters. The van der Waals surface area contributed by atoms with E-state index in [0.29, 0.717) is 6.54 Å². The van der Waals surface area contributed by atoms with Gasteiger partial charge in [-0.2, -0.15) is 0 Å². The summed E-state index contributed by atoms with van der Waals surface area (Å²) >= 11 is 0. The Hall–Kier alpha value is -1.65. The van der Waals surface area contributed by atoms with E-state index in [9.17, 15) is 13.6 Å². The Morgan fingerprint density at radius 2 is 2.11 bits per heavy atom. The molecule has 0 aliphatic heterocycles. The average molecular weight is 254 g/mol. The van der Waals surface area contributed by atoms with Gasteiger partial charge in [0.25, 0.3) is 5.91 Å². The summed E-state index contributed by atoms with van der Waals surface area (Å²) < 4.78 is 26.6. The highest BCUT2D eigenvalue weighted by Crippen LogP contribution is 2.33. The molecule has 3 nitrogen and oxygen atoms in total. The van der Waals surface area contributed by atoms with Crippen LogP contribution in [0.4, 0.5) is 14.5 Å². The average Bonchev–Trinajstić information content (AvgIpc) is 3.13. The van der Waals surface area contributed by atoms with E-state index in [1.165, 1.54) is 12.8 Å². The monoisotopic (exact) mass is 254 g/mol. The van der Waals surface area contributed by atoms with Crippen molar-refractivity contribution in [2.24, 2.45) is 5.92 Å². The van der Waals surface area contributed by atoms with Gasteiger partial charge in [0.05, 0.1) is 11.3 Å². The lowest BCUT2D eigenvalue weighted by Crippen LogP contribution is -2.26. The molecule has 0 heterocycles. The van der Waals surface area contributed by atoms with Crippen LogP contribution in [-0.2, 0) is 0 Å². The molecule has 1 saturated carbocycles. The zero-order chi connectivity index (χ0) is 13.1. The molecule has 1 aliphatic carbocycles. The third kappa shape index (κ3) is 3.18. The molecule has 3 N–H and O–H groups in total. The molecule has 18 heavy (non-hydrogen) atoms. The van der Waals surface area contributed by atoms with Crippen molar-refractivity contribution in [1.82, 2.24) is 5.32 Å². The van der Waals surface area contributed by atoms with Crippen LogP contribution in [0.15, 0.2) is 12.1 Å². The molecule has 0 spiro atoms. The van der Waals surface area contributed by atoms with Crippen molar-refractivity contribution in [1.29, 1.82) is 0 Å². The van der Waals surface area contributed by atoms with E-state index >= 15 is 0 Å². The van der Waals surface area contributed by atoms with Gasteiger partial charge >= 0.3 is 0 Å². The predicted molar refractivity (Wildman–Crippen MR) is 65.1 cm³/mol. The van der Waals surface area contributed by atoms with Crippen LogP contribution in [0.2, 0.25) is 0 Å². The number of halogens is 2. The molecule has 0 radical (unpaired) electrons. The predicted octanol–water partition coefficient (Wildman–Crippen LogP) is 2.47. The summed E-state index contributed by atoms with van der Waals surface area (Å²) in [6, 6.07) is 1.72. The first kappa shape index (κ1) is 12.8. The van der Waals surface area contributed by atoms with Crippen molar-refractivity contribution in [3.63, 3.8) is 0 Å². The fourth-order valence-electron chi connectivity index (χ4n) is 1.87. The number of nitrogen functional groups attached to an aromatic ring is 1. The SMILES string of the molecule is Nc1cc(F)cc(C(=O)NCCCC2CC2)c1F. The number of nitrogens with two attached hydrogens (primary N) is 1. The van der Waals surface area contributed by atoms with E-state index < -0.39 is 17.5 Å². The zero-order valence-electron chi connectivity index (χ0n) is 10.0. The second kappa shape index (κ2) is 5.33. The molecular formula is C13H16F2N2O. The summed E-state index contributed by atoms with van der Waals surface area (Å²) in [6.07, 6.45) is 4.48. The van der Waals surface area contributed by atoms with Gasteiger partial charge in [-0.1, -0.05) is 12.8 Å². The van der Waals surface area contributed by atoms with E-state index in [2.05, 4.69) is 5.32 Å². The smallest absolute Gasteiger partial charge is 0.254 e. The third-order valence-corrected chi connectivity index (χ3v) is 3.08. The van der Waals surface area contributed by atoms with Gasteiger partial charge in [0.15, 0.2) is 5.82 Å². The van der Waals surface area contributed by atoms with Gasteiger partial charge in [-0.25, -0.2) is 8.78 Å². The van der Waals surface area contributed by atoms with Crippen LogP contribution in [0.5, 0.6) is 0 Å². The number of amides is 1. The molecule has 5 heteroatoms. The van der Waals surface area contributed by atoms with E-state index in [1.807, 2.05) is 0 Å². The maximum Gasteiger partial charge on any atom is 0.254 e. The molecule has 1 aromatic rings. The molecule has 2 rings (SSSR count). The van der Waals surface area contributed by atoms with Gasteiger partial charge in [-0.15, -0.1) is 0 Å². The van der Waals surface area contributed by atoms with Crippen molar-refractivity contribution in [3.05, 3.63) is 29.3 Å². The van der Waals surface area contributed by atoms with Crippen molar-refractivity contribution in [2.45, 2.75) is 25.7 Å². The lowest BCUT2D eigenvalue weighted by molar-refractivity contribution is 0.0948. The minimum Gasteiger partial charge on any atom is -0.396 e. The first-order valence-electron chi connectivity index (χ1n) is 6.10. The van der Waals surface area contributed by atoms with Crippen LogP contribution in [0.3, 0.4) is 0 Å². The van der Waals surface area contributed by atoms with E-state index in [4.69, 9.17) is 5.73 Å². The Labute approximate surface area is 104 Å². The van der Waals surface area contributed by atoms with E-state index in [0.717, 1.165) is 30.9 Å². The summed E-state index contributed by atoms with van der Waals surface area (Å²) in [6.45, 7) is 0.477. The number of hydrogen-bond acceptors (Lipinski definition) is 2. The minimum atomic E-state index is -0.865.